The standard InChI is InChI=1S/C11H9N3OS/c1-12-11-14-8-6-4-2-3-5-7(6)13-9(8)10(15)16-11/h2-5,13H,1H3,(H,12,14). The third-order valence-electron chi connectivity index (χ3n) is 2.50. The Hall–Kier alpha value is -1.88. The van der Waals surface area contributed by atoms with Crippen LogP contribution in [-0.4, -0.2) is 17.0 Å². The smallest absolute Gasteiger partial charge is 0.261 e. The predicted octanol–water partition coefficient (Wildman–Crippen LogP) is 2.18. The van der Waals surface area contributed by atoms with E-state index < -0.39 is 0 Å². The molecule has 0 aliphatic carbocycles. The van der Waals surface area contributed by atoms with E-state index in [2.05, 4.69) is 15.3 Å². The van der Waals surface area contributed by atoms with Gasteiger partial charge in [0.1, 0.15) is 11.0 Å². The summed E-state index contributed by atoms with van der Waals surface area (Å²) >= 11 is 1.11. The molecule has 3 rings (SSSR count). The van der Waals surface area contributed by atoms with Crippen LogP contribution in [0.4, 0.5) is 5.13 Å². The van der Waals surface area contributed by atoms with Crippen molar-refractivity contribution in [2.45, 2.75) is 0 Å². The van der Waals surface area contributed by atoms with Crippen molar-refractivity contribution in [2.24, 2.45) is 0 Å². The molecule has 0 atom stereocenters. The first-order chi connectivity index (χ1) is 7.79. The fraction of sp³-hybridized carbons (Fsp3) is 0.0909. The van der Waals surface area contributed by atoms with E-state index in [1.54, 1.807) is 7.05 Å². The van der Waals surface area contributed by atoms with Gasteiger partial charge in [-0.25, -0.2) is 4.98 Å². The van der Waals surface area contributed by atoms with E-state index in [4.69, 9.17) is 0 Å². The largest absolute Gasteiger partial charge is 0.364 e. The molecule has 0 aliphatic rings. The molecule has 0 bridgehead atoms. The summed E-state index contributed by atoms with van der Waals surface area (Å²) in [5, 5.41) is 4.53. The highest BCUT2D eigenvalue weighted by Crippen LogP contribution is 2.23. The molecule has 0 radical (unpaired) electrons. The second-order valence-corrected chi connectivity index (χ2v) is 4.41. The third-order valence-corrected chi connectivity index (χ3v) is 3.38. The highest BCUT2D eigenvalue weighted by Gasteiger charge is 2.09. The molecule has 2 aromatic heterocycles. The van der Waals surface area contributed by atoms with E-state index >= 15 is 0 Å². The first kappa shape index (κ1) is 9.35. The average molecular weight is 231 g/mol. The van der Waals surface area contributed by atoms with Crippen molar-refractivity contribution in [3.8, 4) is 0 Å². The minimum absolute atomic E-state index is 0.00514. The topological polar surface area (TPSA) is 57.8 Å². The number of nitrogens with one attached hydrogen (secondary N) is 2. The summed E-state index contributed by atoms with van der Waals surface area (Å²) in [6.45, 7) is 0. The third kappa shape index (κ3) is 1.22. The normalized spacial score (nSPS) is 11.1. The van der Waals surface area contributed by atoms with Gasteiger partial charge in [0, 0.05) is 18.0 Å². The van der Waals surface area contributed by atoms with Crippen LogP contribution in [0.3, 0.4) is 0 Å². The Bertz CT molecular complexity index is 729. The molecular weight excluding hydrogens is 222 g/mol. The number of H-pyrrole nitrogens is 1. The van der Waals surface area contributed by atoms with E-state index in [0.29, 0.717) is 10.6 Å². The van der Waals surface area contributed by atoms with Crippen LogP contribution in [0, 0.1) is 0 Å². The monoisotopic (exact) mass is 231 g/mol. The van der Waals surface area contributed by atoms with Crippen LogP contribution < -0.4 is 10.1 Å². The van der Waals surface area contributed by atoms with Crippen molar-refractivity contribution in [1.82, 2.24) is 9.97 Å². The van der Waals surface area contributed by atoms with Gasteiger partial charge >= 0.3 is 0 Å². The van der Waals surface area contributed by atoms with E-state index in [0.717, 1.165) is 27.8 Å². The van der Waals surface area contributed by atoms with Gasteiger partial charge in [0.05, 0.1) is 0 Å². The second-order valence-electron chi connectivity index (χ2n) is 3.45. The van der Waals surface area contributed by atoms with Gasteiger partial charge in [0.2, 0.25) is 0 Å². The average Bonchev–Trinajstić information content (AvgIpc) is 2.68. The molecule has 0 saturated heterocycles. The Morgan fingerprint density at radius 3 is 3.00 bits per heavy atom. The fourth-order valence-electron chi connectivity index (χ4n) is 1.76. The van der Waals surface area contributed by atoms with Crippen LogP contribution in [0.25, 0.3) is 21.9 Å². The van der Waals surface area contributed by atoms with Crippen molar-refractivity contribution in [3.63, 3.8) is 0 Å². The van der Waals surface area contributed by atoms with Crippen LogP contribution in [0.1, 0.15) is 0 Å². The zero-order chi connectivity index (χ0) is 11.1. The number of aromatic nitrogens is 2. The van der Waals surface area contributed by atoms with Crippen molar-refractivity contribution < 1.29 is 0 Å². The molecule has 4 nitrogen and oxygen atoms in total. The maximum Gasteiger partial charge on any atom is 0.261 e. The van der Waals surface area contributed by atoms with Crippen LogP contribution in [0.2, 0.25) is 0 Å². The van der Waals surface area contributed by atoms with Crippen molar-refractivity contribution >= 4 is 38.4 Å². The van der Waals surface area contributed by atoms with E-state index in [1.807, 2.05) is 24.3 Å². The van der Waals surface area contributed by atoms with Gasteiger partial charge < -0.3 is 10.3 Å². The van der Waals surface area contributed by atoms with Crippen molar-refractivity contribution in [3.05, 3.63) is 33.8 Å². The zero-order valence-electron chi connectivity index (χ0n) is 8.57. The minimum Gasteiger partial charge on any atom is -0.364 e. The van der Waals surface area contributed by atoms with Crippen LogP contribution in [-0.2, 0) is 0 Å². The molecule has 2 N–H and O–H groups in total. The molecule has 1 aromatic carbocycles. The Kier molecular flexibility index (Phi) is 1.94. The fourth-order valence-corrected chi connectivity index (χ4v) is 2.43. The number of anilines is 1. The Morgan fingerprint density at radius 1 is 1.38 bits per heavy atom. The molecule has 3 aromatic rings. The SMILES string of the molecule is CNc1nc2c([nH]c3ccccc32)c(=O)s1. The Balaban J connectivity index is 2.56. The lowest BCUT2D eigenvalue weighted by atomic mass is 10.2. The lowest BCUT2D eigenvalue weighted by Gasteiger charge is -1.95. The van der Waals surface area contributed by atoms with Crippen molar-refractivity contribution in [1.29, 1.82) is 0 Å². The van der Waals surface area contributed by atoms with Gasteiger partial charge in [0.25, 0.3) is 4.74 Å². The molecule has 0 spiro atoms. The highest BCUT2D eigenvalue weighted by atomic mass is 32.1. The molecule has 0 aliphatic heterocycles. The molecule has 0 amide bonds. The summed E-state index contributed by atoms with van der Waals surface area (Å²) in [5.74, 6) is 0. The highest BCUT2D eigenvalue weighted by molar-refractivity contribution is 7.13. The molecule has 2 heterocycles. The molecule has 0 unspecified atom stereocenters. The lowest BCUT2D eigenvalue weighted by molar-refractivity contribution is 1.40. The van der Waals surface area contributed by atoms with E-state index in [9.17, 15) is 4.79 Å². The number of fused-ring (bicyclic) bond motifs is 3. The molecular formula is C11H9N3OS. The number of hydrogen-bond acceptors (Lipinski definition) is 4. The summed E-state index contributed by atoms with van der Waals surface area (Å²) in [5.41, 5.74) is 2.27. The predicted molar refractivity (Wildman–Crippen MR) is 67.3 cm³/mol. The Morgan fingerprint density at radius 2 is 2.19 bits per heavy atom. The van der Waals surface area contributed by atoms with Crippen LogP contribution in [0.5, 0.6) is 0 Å². The van der Waals surface area contributed by atoms with Gasteiger partial charge in [-0.15, -0.1) is 0 Å². The number of rotatable bonds is 1. The molecule has 80 valence electrons. The maximum absolute atomic E-state index is 11.8. The summed E-state index contributed by atoms with van der Waals surface area (Å²) in [6, 6.07) is 7.78. The van der Waals surface area contributed by atoms with Crippen LogP contribution in [0.15, 0.2) is 29.1 Å². The van der Waals surface area contributed by atoms with Gasteiger partial charge in [-0.05, 0) is 6.07 Å². The maximum atomic E-state index is 11.8. The van der Waals surface area contributed by atoms with E-state index in [1.165, 1.54) is 0 Å². The zero-order valence-corrected chi connectivity index (χ0v) is 9.39. The summed E-state index contributed by atoms with van der Waals surface area (Å²) in [4.78, 5) is 19.4. The second kappa shape index (κ2) is 3.31. The summed E-state index contributed by atoms with van der Waals surface area (Å²) in [7, 11) is 1.76. The van der Waals surface area contributed by atoms with Gasteiger partial charge in [0.15, 0.2) is 5.13 Å². The number of benzene rings is 1. The minimum atomic E-state index is 0.00514. The molecule has 5 heteroatoms. The number of aromatic amines is 1. The van der Waals surface area contributed by atoms with Crippen molar-refractivity contribution in [2.75, 3.05) is 12.4 Å². The van der Waals surface area contributed by atoms with Gasteiger partial charge in [-0.3, -0.25) is 4.79 Å². The number of nitrogens with zero attached hydrogens (tertiary/aromatic N) is 1. The summed E-state index contributed by atoms with van der Waals surface area (Å²) < 4.78 is 0.00514. The number of hydrogen-bond donors (Lipinski definition) is 2. The molecule has 16 heavy (non-hydrogen) atoms. The molecule has 0 saturated carbocycles. The first-order valence-electron chi connectivity index (χ1n) is 4.89. The summed E-state index contributed by atoms with van der Waals surface area (Å²) in [6.07, 6.45) is 0. The lowest BCUT2D eigenvalue weighted by Crippen LogP contribution is -2.00. The molecule has 0 fully saturated rings. The number of para-hydroxylation sites is 1. The van der Waals surface area contributed by atoms with Gasteiger partial charge in [-0.1, -0.05) is 29.5 Å². The quantitative estimate of drug-likeness (QED) is 0.675. The van der Waals surface area contributed by atoms with E-state index in [-0.39, 0.29) is 4.74 Å². The first-order valence-corrected chi connectivity index (χ1v) is 5.70. The van der Waals surface area contributed by atoms with Gasteiger partial charge in [-0.2, -0.15) is 0 Å². The Labute approximate surface area is 95.0 Å². The van der Waals surface area contributed by atoms with Crippen LogP contribution >= 0.6 is 11.3 Å².